The second-order valence-corrected chi connectivity index (χ2v) is 13.8. The predicted octanol–water partition coefficient (Wildman–Crippen LogP) is 6.81. The van der Waals surface area contributed by atoms with Crippen molar-refractivity contribution < 1.29 is 24.5 Å². The van der Waals surface area contributed by atoms with Gasteiger partial charge in [0.15, 0.2) is 11.5 Å². The molecule has 2 amide bonds. The molecule has 0 aliphatic carbocycles. The Morgan fingerprint density at radius 2 is 1.72 bits per heavy atom. The van der Waals surface area contributed by atoms with Gasteiger partial charge < -0.3 is 25.2 Å². The number of likely N-dealkylation sites (tertiary alicyclic amines) is 1. The van der Waals surface area contributed by atoms with Crippen LogP contribution in [0.15, 0.2) is 89.9 Å². The Hall–Kier alpha value is -5.68. The molecule has 0 aromatic heterocycles. The number of nitrogens with one attached hydrogen (secondary N) is 3. The van der Waals surface area contributed by atoms with E-state index in [-0.39, 0.29) is 47.3 Å². The number of hydrogen-bond donors (Lipinski definition) is 5. The van der Waals surface area contributed by atoms with Gasteiger partial charge in [0.1, 0.15) is 23.5 Å². The maximum absolute atomic E-state index is 13.5. The molecule has 0 bridgehead atoms. The number of phenols is 2. The SMILES string of the molecule is COc1ccc2c(c1)C(c1ccc(Cl)cc1)=NC(CC(=O)NCc1cccc(C3CCN(C(=O)CCc4ccc(O)c(O)c4)CC3)c1)C(=N)N2C(C)=N. The lowest BCUT2D eigenvalue weighted by molar-refractivity contribution is -0.132. The highest BCUT2D eigenvalue weighted by atomic mass is 35.5. The van der Waals surface area contributed by atoms with E-state index < -0.39 is 6.04 Å². The van der Waals surface area contributed by atoms with E-state index in [1.807, 2.05) is 35.2 Å². The highest BCUT2D eigenvalue weighted by Gasteiger charge is 2.32. The summed E-state index contributed by atoms with van der Waals surface area (Å²) in [4.78, 5) is 34.8. The number of amides is 2. The maximum Gasteiger partial charge on any atom is 0.222 e. The minimum atomic E-state index is -0.869. The number of carbonyl (C=O) groups excluding carboxylic acids is 2. The monoisotopic (exact) mass is 734 g/mol. The average molecular weight is 735 g/mol. The van der Waals surface area contributed by atoms with Crippen molar-refractivity contribution in [1.29, 1.82) is 10.8 Å². The first-order valence-corrected chi connectivity index (χ1v) is 18.0. The quantitative estimate of drug-likeness (QED) is 0.0684. The van der Waals surface area contributed by atoms with E-state index in [1.54, 1.807) is 44.4 Å². The molecule has 2 heterocycles. The fraction of sp³-hybridized carbons (Fsp3) is 0.293. The summed E-state index contributed by atoms with van der Waals surface area (Å²) < 4.78 is 5.51. The van der Waals surface area contributed by atoms with Crippen LogP contribution in [0.4, 0.5) is 5.69 Å². The number of benzodiazepines with no additional fused rings is 1. The third-order valence-electron chi connectivity index (χ3n) is 9.80. The first kappa shape index (κ1) is 37.1. The number of amidine groups is 2. The van der Waals surface area contributed by atoms with Gasteiger partial charge in [-0.3, -0.25) is 30.3 Å². The minimum Gasteiger partial charge on any atom is -0.504 e. The van der Waals surface area contributed by atoms with Gasteiger partial charge in [0.05, 0.1) is 24.9 Å². The molecule has 5 N–H and O–H groups in total. The Morgan fingerprint density at radius 3 is 2.42 bits per heavy atom. The topological polar surface area (TPSA) is 162 Å². The minimum absolute atomic E-state index is 0.0227. The molecule has 1 fully saturated rings. The van der Waals surface area contributed by atoms with E-state index in [9.17, 15) is 19.8 Å². The summed E-state index contributed by atoms with van der Waals surface area (Å²) in [7, 11) is 1.57. The number of aliphatic imine (C=N–C) groups is 1. The smallest absolute Gasteiger partial charge is 0.222 e. The Bertz CT molecular complexity index is 2060. The number of piperidine rings is 1. The molecule has 0 saturated carbocycles. The van der Waals surface area contributed by atoms with E-state index in [0.717, 1.165) is 35.1 Å². The fourth-order valence-electron chi connectivity index (χ4n) is 6.94. The number of rotatable bonds is 10. The Labute approximate surface area is 313 Å². The molecule has 2 aliphatic rings. The summed E-state index contributed by atoms with van der Waals surface area (Å²) >= 11 is 6.20. The first-order chi connectivity index (χ1) is 25.5. The van der Waals surface area contributed by atoms with Gasteiger partial charge >= 0.3 is 0 Å². The van der Waals surface area contributed by atoms with Crippen molar-refractivity contribution in [2.45, 2.75) is 57.5 Å². The van der Waals surface area contributed by atoms with Gasteiger partial charge in [-0.25, -0.2) is 0 Å². The maximum atomic E-state index is 13.5. The summed E-state index contributed by atoms with van der Waals surface area (Å²) in [6.45, 7) is 3.21. The van der Waals surface area contributed by atoms with Gasteiger partial charge in [0, 0.05) is 42.2 Å². The molecule has 0 spiro atoms. The lowest BCUT2D eigenvalue weighted by Gasteiger charge is -2.32. The number of phenolic OH excluding ortho intramolecular Hbond substituents is 2. The number of anilines is 1. The van der Waals surface area contributed by atoms with Crippen LogP contribution in [0.5, 0.6) is 17.2 Å². The summed E-state index contributed by atoms with van der Waals surface area (Å²) in [5, 5.41) is 40.6. The van der Waals surface area contributed by atoms with Crippen molar-refractivity contribution in [2.24, 2.45) is 4.99 Å². The number of nitrogens with zero attached hydrogens (tertiary/aromatic N) is 3. The molecule has 1 saturated heterocycles. The number of aromatic hydroxyl groups is 2. The van der Waals surface area contributed by atoms with Crippen LogP contribution in [-0.2, 0) is 22.6 Å². The van der Waals surface area contributed by atoms with Crippen LogP contribution in [0.25, 0.3) is 0 Å². The van der Waals surface area contributed by atoms with Crippen LogP contribution in [0.1, 0.15) is 66.3 Å². The number of hydrogen-bond acceptors (Lipinski definition) is 8. The molecule has 6 rings (SSSR count). The van der Waals surface area contributed by atoms with Crippen LogP contribution in [-0.4, -0.2) is 70.6 Å². The lowest BCUT2D eigenvalue weighted by atomic mass is 9.88. The van der Waals surface area contributed by atoms with E-state index >= 15 is 0 Å². The number of carbonyl (C=O) groups is 2. The van der Waals surface area contributed by atoms with E-state index in [2.05, 4.69) is 17.4 Å². The molecule has 0 radical (unpaired) electrons. The van der Waals surface area contributed by atoms with E-state index in [0.29, 0.717) is 60.2 Å². The predicted molar refractivity (Wildman–Crippen MR) is 207 cm³/mol. The third-order valence-corrected chi connectivity index (χ3v) is 10.1. The summed E-state index contributed by atoms with van der Waals surface area (Å²) in [6, 6.07) is 24.6. The molecular weight excluding hydrogens is 692 g/mol. The van der Waals surface area contributed by atoms with Crippen molar-refractivity contribution in [1.82, 2.24) is 10.2 Å². The largest absolute Gasteiger partial charge is 0.504 e. The second-order valence-electron chi connectivity index (χ2n) is 13.4. The summed E-state index contributed by atoms with van der Waals surface area (Å²) in [6.07, 6.45) is 2.39. The number of fused-ring (bicyclic) bond motifs is 1. The van der Waals surface area contributed by atoms with Crippen LogP contribution >= 0.6 is 11.6 Å². The first-order valence-electron chi connectivity index (χ1n) is 17.6. The number of methoxy groups -OCH3 is 1. The van der Waals surface area contributed by atoms with Gasteiger partial charge in [-0.05, 0) is 91.3 Å². The van der Waals surface area contributed by atoms with Crippen molar-refractivity contribution in [3.8, 4) is 17.2 Å². The molecule has 4 aromatic carbocycles. The van der Waals surface area contributed by atoms with E-state index in [1.165, 1.54) is 17.0 Å². The van der Waals surface area contributed by atoms with Gasteiger partial charge in [-0.15, -0.1) is 0 Å². The molecule has 1 atom stereocenters. The summed E-state index contributed by atoms with van der Waals surface area (Å²) in [5.74, 6) is 0.466. The fourth-order valence-corrected chi connectivity index (χ4v) is 7.06. The zero-order chi connectivity index (χ0) is 37.6. The average Bonchev–Trinajstić information content (AvgIpc) is 3.28. The van der Waals surface area contributed by atoms with Crippen molar-refractivity contribution >= 4 is 46.5 Å². The van der Waals surface area contributed by atoms with Crippen LogP contribution in [0.3, 0.4) is 0 Å². The molecule has 11 nitrogen and oxygen atoms in total. The third kappa shape index (κ3) is 8.69. The Morgan fingerprint density at radius 1 is 0.962 bits per heavy atom. The second kappa shape index (κ2) is 16.3. The molecule has 53 heavy (non-hydrogen) atoms. The molecule has 274 valence electrons. The Kier molecular flexibility index (Phi) is 11.4. The van der Waals surface area contributed by atoms with Crippen LogP contribution in [0, 0.1) is 10.8 Å². The van der Waals surface area contributed by atoms with Gasteiger partial charge in [0.25, 0.3) is 0 Å². The number of benzene rings is 4. The summed E-state index contributed by atoms with van der Waals surface area (Å²) in [5.41, 5.74) is 5.51. The van der Waals surface area contributed by atoms with Gasteiger partial charge in [-0.2, -0.15) is 0 Å². The highest BCUT2D eigenvalue weighted by molar-refractivity contribution is 6.31. The van der Waals surface area contributed by atoms with E-state index in [4.69, 9.17) is 32.1 Å². The normalized spacial score (nSPS) is 16.0. The number of aryl methyl sites for hydroxylation is 1. The standard InChI is InChI=1S/C41H43ClN6O5/c1-25(43)48-35-13-12-32(53-2)22-33(35)40(29-8-10-31(42)11-9-29)46-34(41(48)44)23-38(51)45-24-27-4-3-5-30(20-27)28-16-18-47(19-17-28)39(52)15-7-26-6-14-36(49)37(50)21-26/h3-6,8-14,20-22,28,34,43-44,49-50H,7,15-19,23-24H2,1-2H3,(H,45,51). The van der Waals surface area contributed by atoms with Gasteiger partial charge in [0.2, 0.25) is 11.8 Å². The van der Waals surface area contributed by atoms with Crippen LogP contribution < -0.4 is 15.0 Å². The van der Waals surface area contributed by atoms with Crippen molar-refractivity contribution in [2.75, 3.05) is 25.1 Å². The zero-order valence-corrected chi connectivity index (χ0v) is 30.5. The highest BCUT2D eigenvalue weighted by Crippen LogP contribution is 2.34. The van der Waals surface area contributed by atoms with Crippen LogP contribution in [0.2, 0.25) is 5.02 Å². The number of ether oxygens (including phenoxy) is 1. The Balaban J connectivity index is 1.10. The lowest BCUT2D eigenvalue weighted by Crippen LogP contribution is -2.42. The molecule has 2 aliphatic heterocycles. The molecule has 4 aromatic rings. The molecule has 1 unspecified atom stereocenters. The van der Waals surface area contributed by atoms with Crippen molar-refractivity contribution in [3.05, 3.63) is 118 Å². The zero-order valence-electron chi connectivity index (χ0n) is 29.7. The number of halogens is 1. The molecule has 12 heteroatoms. The van der Waals surface area contributed by atoms with Gasteiger partial charge in [-0.1, -0.05) is 54.1 Å². The molecular formula is C41H43ClN6O5. The van der Waals surface area contributed by atoms with Crippen molar-refractivity contribution in [3.63, 3.8) is 0 Å².